The number of thiazole rings is 1. The minimum atomic E-state index is 0.424. The lowest BCUT2D eigenvalue weighted by Crippen LogP contribution is -2.16. The molecule has 1 rings (SSSR count). The zero-order chi connectivity index (χ0) is 10.6. The molecule has 4 heteroatoms. The lowest BCUT2D eigenvalue weighted by atomic mass is 10.3. The number of hydrogen-bond acceptors (Lipinski definition) is 4. The van der Waals surface area contributed by atoms with Gasteiger partial charge >= 0.3 is 0 Å². The van der Waals surface area contributed by atoms with Crippen LogP contribution in [0.2, 0.25) is 0 Å². The van der Waals surface area contributed by atoms with Gasteiger partial charge < -0.3 is 10.2 Å². The molecule has 0 radical (unpaired) electrons. The second-order valence-electron chi connectivity index (χ2n) is 3.67. The van der Waals surface area contributed by atoms with Crippen molar-refractivity contribution in [2.24, 2.45) is 0 Å². The van der Waals surface area contributed by atoms with Crippen LogP contribution < -0.4 is 5.32 Å². The highest BCUT2D eigenvalue weighted by molar-refractivity contribution is 7.11. The fraction of sp³-hybridized carbons (Fsp3) is 0.700. The molecule has 1 N–H and O–H groups in total. The second-order valence-corrected chi connectivity index (χ2v) is 4.82. The molecule has 0 aromatic carbocycles. The van der Waals surface area contributed by atoms with E-state index in [0.29, 0.717) is 6.04 Å². The molecule has 1 heterocycles. The largest absolute Gasteiger partial charge is 0.310 e. The summed E-state index contributed by atoms with van der Waals surface area (Å²) in [5.74, 6) is 0. The van der Waals surface area contributed by atoms with Crippen molar-refractivity contribution in [1.82, 2.24) is 15.2 Å². The molecule has 0 saturated carbocycles. The molecular formula is C10H19N3S. The highest BCUT2D eigenvalue weighted by atomic mass is 32.1. The van der Waals surface area contributed by atoms with Gasteiger partial charge in [0.15, 0.2) is 0 Å². The van der Waals surface area contributed by atoms with Crippen LogP contribution in [0, 0.1) is 0 Å². The van der Waals surface area contributed by atoms with Gasteiger partial charge in [-0.05, 0) is 27.6 Å². The molecule has 0 amide bonds. The molecule has 1 atom stereocenters. The Bertz CT molecular complexity index is 270. The Hall–Kier alpha value is -0.450. The van der Waals surface area contributed by atoms with Crippen LogP contribution in [-0.4, -0.2) is 30.5 Å². The van der Waals surface area contributed by atoms with Crippen molar-refractivity contribution >= 4 is 11.3 Å². The molecule has 3 nitrogen and oxygen atoms in total. The molecule has 1 aromatic heterocycles. The average Bonchev–Trinajstić information content (AvgIpc) is 2.52. The van der Waals surface area contributed by atoms with E-state index in [2.05, 4.69) is 43.1 Å². The first-order valence-electron chi connectivity index (χ1n) is 4.96. The molecule has 14 heavy (non-hydrogen) atoms. The van der Waals surface area contributed by atoms with Crippen LogP contribution in [-0.2, 0) is 6.54 Å². The molecule has 1 unspecified atom stereocenters. The zero-order valence-electron chi connectivity index (χ0n) is 9.37. The number of nitrogens with one attached hydrogen (secondary N) is 1. The van der Waals surface area contributed by atoms with Gasteiger partial charge in [0.1, 0.15) is 5.01 Å². The normalized spacial score (nSPS) is 13.5. The lowest BCUT2D eigenvalue weighted by Gasteiger charge is -2.08. The molecule has 0 aliphatic rings. The maximum absolute atomic E-state index is 4.40. The summed E-state index contributed by atoms with van der Waals surface area (Å²) < 4.78 is 0. The third-order valence-electron chi connectivity index (χ3n) is 1.96. The molecule has 0 spiro atoms. The van der Waals surface area contributed by atoms with E-state index in [4.69, 9.17) is 0 Å². The first kappa shape index (κ1) is 11.6. The maximum atomic E-state index is 4.40. The predicted molar refractivity (Wildman–Crippen MR) is 61.6 cm³/mol. The van der Waals surface area contributed by atoms with Gasteiger partial charge in [0.25, 0.3) is 0 Å². The van der Waals surface area contributed by atoms with E-state index >= 15 is 0 Å². The topological polar surface area (TPSA) is 28.2 Å². The van der Waals surface area contributed by atoms with Gasteiger partial charge in [-0.1, -0.05) is 6.92 Å². The second kappa shape index (κ2) is 5.44. The van der Waals surface area contributed by atoms with Gasteiger partial charge in [-0.2, -0.15) is 0 Å². The van der Waals surface area contributed by atoms with E-state index in [1.54, 1.807) is 11.3 Å². The summed E-state index contributed by atoms with van der Waals surface area (Å²) in [6.07, 6.45) is 1.98. The highest BCUT2D eigenvalue weighted by Crippen LogP contribution is 2.20. The van der Waals surface area contributed by atoms with Crippen molar-refractivity contribution in [3.8, 4) is 0 Å². The van der Waals surface area contributed by atoms with E-state index in [9.17, 15) is 0 Å². The molecule has 0 saturated heterocycles. The zero-order valence-corrected chi connectivity index (χ0v) is 10.2. The van der Waals surface area contributed by atoms with E-state index in [-0.39, 0.29) is 0 Å². The third-order valence-corrected chi connectivity index (χ3v) is 3.12. The van der Waals surface area contributed by atoms with Gasteiger partial charge in [-0.25, -0.2) is 4.98 Å². The van der Waals surface area contributed by atoms with Crippen LogP contribution in [0.4, 0.5) is 0 Å². The number of hydrogen-bond donors (Lipinski definition) is 1. The monoisotopic (exact) mass is 213 g/mol. The number of rotatable bonds is 5. The van der Waals surface area contributed by atoms with Gasteiger partial charge in [-0.15, -0.1) is 11.3 Å². The van der Waals surface area contributed by atoms with Crippen LogP contribution in [0.25, 0.3) is 0 Å². The molecule has 0 bridgehead atoms. The molecule has 0 aliphatic heterocycles. The van der Waals surface area contributed by atoms with Crippen LogP contribution in [0.15, 0.2) is 6.20 Å². The highest BCUT2D eigenvalue weighted by Gasteiger charge is 2.08. The summed E-state index contributed by atoms with van der Waals surface area (Å²) in [5, 5.41) is 4.57. The van der Waals surface area contributed by atoms with E-state index < -0.39 is 0 Å². The summed E-state index contributed by atoms with van der Waals surface area (Å²) in [7, 11) is 4.13. The Morgan fingerprint density at radius 3 is 2.86 bits per heavy atom. The van der Waals surface area contributed by atoms with Crippen molar-refractivity contribution < 1.29 is 0 Å². The van der Waals surface area contributed by atoms with Gasteiger partial charge in [0, 0.05) is 23.7 Å². The first-order valence-corrected chi connectivity index (χ1v) is 5.77. The Balaban J connectivity index is 2.58. The van der Waals surface area contributed by atoms with Gasteiger partial charge in [-0.3, -0.25) is 0 Å². The quantitative estimate of drug-likeness (QED) is 0.809. The van der Waals surface area contributed by atoms with Crippen LogP contribution >= 0.6 is 11.3 Å². The molecule has 0 fully saturated rings. The standard InChI is InChI=1S/C10H19N3S/c1-5-11-8(2)9-6-12-10(14-9)7-13(3)4/h6,8,11H,5,7H2,1-4H3. The SMILES string of the molecule is CCNC(C)c1cnc(CN(C)C)s1. The van der Waals surface area contributed by atoms with E-state index in [1.165, 1.54) is 9.88 Å². The van der Waals surface area contributed by atoms with Crippen molar-refractivity contribution in [3.63, 3.8) is 0 Å². The summed E-state index contributed by atoms with van der Waals surface area (Å²) in [6.45, 7) is 6.24. The van der Waals surface area contributed by atoms with E-state index in [0.717, 1.165) is 13.1 Å². The van der Waals surface area contributed by atoms with Crippen LogP contribution in [0.1, 0.15) is 29.8 Å². The summed E-state index contributed by atoms with van der Waals surface area (Å²) in [4.78, 5) is 7.86. The van der Waals surface area contributed by atoms with Gasteiger partial charge in [0.2, 0.25) is 0 Å². The van der Waals surface area contributed by atoms with Crippen LogP contribution in [0.5, 0.6) is 0 Å². The van der Waals surface area contributed by atoms with E-state index in [1.807, 2.05) is 6.20 Å². The lowest BCUT2D eigenvalue weighted by molar-refractivity contribution is 0.401. The summed E-state index contributed by atoms with van der Waals surface area (Å²) in [6, 6.07) is 0.424. The average molecular weight is 213 g/mol. The smallest absolute Gasteiger partial charge is 0.107 e. The van der Waals surface area contributed by atoms with Crippen molar-refractivity contribution in [2.75, 3.05) is 20.6 Å². The Morgan fingerprint density at radius 1 is 1.57 bits per heavy atom. The molecular weight excluding hydrogens is 194 g/mol. The Labute approximate surface area is 90.2 Å². The third kappa shape index (κ3) is 3.36. The number of aromatic nitrogens is 1. The fourth-order valence-corrected chi connectivity index (χ4v) is 2.34. The van der Waals surface area contributed by atoms with Crippen molar-refractivity contribution in [2.45, 2.75) is 26.4 Å². The maximum Gasteiger partial charge on any atom is 0.107 e. The first-order chi connectivity index (χ1) is 6.63. The Morgan fingerprint density at radius 2 is 2.29 bits per heavy atom. The Kier molecular flexibility index (Phi) is 4.51. The molecule has 80 valence electrons. The predicted octanol–water partition coefficient (Wildman–Crippen LogP) is 1.88. The molecule has 1 aromatic rings. The van der Waals surface area contributed by atoms with Crippen molar-refractivity contribution in [1.29, 1.82) is 0 Å². The van der Waals surface area contributed by atoms with Gasteiger partial charge in [0.05, 0.1) is 0 Å². The minimum absolute atomic E-state index is 0.424. The summed E-state index contributed by atoms with van der Waals surface area (Å²) >= 11 is 1.79. The minimum Gasteiger partial charge on any atom is -0.310 e. The van der Waals surface area contributed by atoms with Crippen LogP contribution in [0.3, 0.4) is 0 Å². The number of nitrogens with zero attached hydrogens (tertiary/aromatic N) is 2. The van der Waals surface area contributed by atoms with Crippen molar-refractivity contribution in [3.05, 3.63) is 16.1 Å². The fourth-order valence-electron chi connectivity index (χ4n) is 1.27. The molecule has 0 aliphatic carbocycles. The summed E-state index contributed by atoms with van der Waals surface area (Å²) in [5.41, 5.74) is 0.